The number of nitrogens with zero attached hydrogens (tertiary/aromatic N) is 3. The summed E-state index contributed by atoms with van der Waals surface area (Å²) in [5, 5.41) is 72.3. The number of hydrogen-bond donors (Lipinski definition) is 24. The molecule has 0 saturated heterocycles. The molecule has 3 rings (SSSR count). The van der Waals surface area contributed by atoms with E-state index in [4.69, 9.17) is 22.3 Å². The van der Waals surface area contributed by atoms with Gasteiger partial charge in [-0.15, -0.1) is 0 Å². The van der Waals surface area contributed by atoms with E-state index in [-0.39, 0.29) is 68.4 Å². The predicted molar refractivity (Wildman–Crippen MR) is 399 cm³/mol. The summed E-state index contributed by atoms with van der Waals surface area (Å²) in [5.41, 5.74) is 18.1. The third kappa shape index (κ3) is 32.5. The molecule has 0 radical (unpaired) electrons. The smallest absolute Gasteiger partial charge is 0.322 e. The Hall–Kier alpha value is -10.5. The van der Waals surface area contributed by atoms with Crippen molar-refractivity contribution in [1.29, 1.82) is 0 Å². The number of carbonyl (C=O) groups is 15. The second kappa shape index (κ2) is 47.4. The number of carbonyl (C=O) groups excluding carboxylic acids is 13. The van der Waals surface area contributed by atoms with E-state index in [0.29, 0.717) is 17.7 Å². The molecule has 2 heterocycles. The minimum absolute atomic E-state index is 0.0483. The van der Waals surface area contributed by atoms with Crippen molar-refractivity contribution in [2.75, 3.05) is 31.1 Å². The number of aliphatic carboxylic acids is 2. The van der Waals surface area contributed by atoms with Crippen LogP contribution in [0.3, 0.4) is 0 Å². The fourth-order valence-corrected chi connectivity index (χ4v) is 10.9. The van der Waals surface area contributed by atoms with Gasteiger partial charge in [0, 0.05) is 67.5 Å². The topological polar surface area (TPSA) is 641 Å². The first-order valence-electron chi connectivity index (χ1n) is 35.1. The molecule has 13 amide bonds. The summed E-state index contributed by atoms with van der Waals surface area (Å²) in [6.45, 7) is 10.7. The Labute approximate surface area is 639 Å². The molecule has 0 spiro atoms. The van der Waals surface area contributed by atoms with Crippen molar-refractivity contribution < 1.29 is 92.3 Å². The van der Waals surface area contributed by atoms with Gasteiger partial charge in [0.15, 0.2) is 5.96 Å². The van der Waals surface area contributed by atoms with E-state index < -0.39 is 217 Å². The molecule has 0 bridgehead atoms. The first-order chi connectivity index (χ1) is 51.4. The first-order valence-corrected chi connectivity index (χ1v) is 36.4. The largest absolute Gasteiger partial charge is 0.481 e. The van der Waals surface area contributed by atoms with Gasteiger partial charge in [0.05, 0.1) is 37.4 Å². The van der Waals surface area contributed by atoms with Crippen LogP contribution in [-0.4, -0.2) is 251 Å². The van der Waals surface area contributed by atoms with Crippen LogP contribution >= 0.6 is 25.3 Å². The van der Waals surface area contributed by atoms with Gasteiger partial charge in [0.1, 0.15) is 73.0 Å². The summed E-state index contributed by atoms with van der Waals surface area (Å²) in [5.74, 6) is -18.3. The van der Waals surface area contributed by atoms with E-state index in [1.54, 1.807) is 65.0 Å². The van der Waals surface area contributed by atoms with Crippen molar-refractivity contribution in [1.82, 2.24) is 89.1 Å². The van der Waals surface area contributed by atoms with Crippen molar-refractivity contribution in [3.05, 3.63) is 72.3 Å². The fraction of sp³-hybridized carbons (Fsp3) is 0.582. The van der Waals surface area contributed by atoms with Crippen LogP contribution in [0.2, 0.25) is 0 Å². The number of benzene rings is 1. The molecule has 0 aliphatic heterocycles. The number of nitrogens with one attached hydrogen (secondary N) is 15. The van der Waals surface area contributed by atoms with Crippen LogP contribution in [0.15, 0.2) is 60.4 Å². The zero-order chi connectivity index (χ0) is 81.8. The number of H-pyrrole nitrogens is 2. The van der Waals surface area contributed by atoms with Gasteiger partial charge in [-0.1, -0.05) is 84.7 Å². The zero-order valence-electron chi connectivity index (χ0n) is 61.8. The Balaban J connectivity index is 1.95. The number of rotatable bonds is 49. The van der Waals surface area contributed by atoms with Crippen LogP contribution in [0.25, 0.3) is 0 Å². The molecule has 0 aliphatic rings. The Bertz CT molecular complexity index is 3550. The van der Waals surface area contributed by atoms with Crippen LogP contribution in [0.5, 0.6) is 0 Å². The molecule has 0 fully saturated rings. The molecule has 604 valence electrons. The van der Waals surface area contributed by atoms with Crippen LogP contribution < -0.4 is 86.3 Å². The van der Waals surface area contributed by atoms with E-state index >= 15 is 0 Å². The number of carboxylic acids is 2. The Morgan fingerprint density at radius 2 is 0.872 bits per heavy atom. The summed E-state index contributed by atoms with van der Waals surface area (Å²) < 4.78 is 0. The van der Waals surface area contributed by atoms with E-state index in [0.717, 1.165) is 13.8 Å². The molecule has 2 aromatic heterocycles. The van der Waals surface area contributed by atoms with Crippen molar-refractivity contribution in [2.45, 2.75) is 198 Å². The number of imidazole rings is 2. The molecule has 16 atom stereocenters. The maximum Gasteiger partial charge on any atom is 0.322 e. The van der Waals surface area contributed by atoms with Gasteiger partial charge < -0.3 is 117 Å². The maximum atomic E-state index is 14.7. The Morgan fingerprint density at radius 1 is 0.468 bits per heavy atom. The highest BCUT2D eigenvalue weighted by Gasteiger charge is 2.39. The number of guanidine groups is 1. The number of nitrogens with two attached hydrogens (primary N) is 3. The number of hydrogen-bond acceptors (Lipinski definition) is 23. The average Bonchev–Trinajstić information content (AvgIpc) is 1.53. The number of aliphatic hydroxyl groups excluding tert-OH is 2. The van der Waals surface area contributed by atoms with Crippen LogP contribution in [-0.2, 0) is 91.2 Å². The molecular weight excluding hydrogens is 1470 g/mol. The minimum Gasteiger partial charge on any atom is -0.481 e. The van der Waals surface area contributed by atoms with Crippen molar-refractivity contribution in [2.24, 2.45) is 39.9 Å². The van der Waals surface area contributed by atoms with E-state index in [1.165, 1.54) is 25.0 Å². The highest BCUT2D eigenvalue weighted by Crippen LogP contribution is 2.15. The SMILES string of the molecule is CC[C@H](C)[C@H](N)C(=O)NCC(=O)N[C@@H](CS)C(=O)N[C@H](C(=O)N[C@@H](CCC(=O)O)C(=O)N[C@@H](CCCN=C(N)N)C(=O)N[C@H](C(=O)N[C@@H](Cc1cnc[nH]1)C(=O)N[C@H](C(=O)N[C@@H](Cc1ccccc1)C(=O)N[C@@H](CS)C(=O)N[C@@H](Cc1cnc[nH]1)C(=O)N[C@H](C(=O)NCC(=O)O)[C@@H](C)O)C(C)C)[C@@H](C)O)[C@@H](C)CC. The van der Waals surface area contributed by atoms with Gasteiger partial charge in [-0.2, -0.15) is 25.3 Å². The summed E-state index contributed by atoms with van der Waals surface area (Å²) in [6.07, 6.45) is 0.151. The minimum atomic E-state index is -1.95. The maximum absolute atomic E-state index is 14.7. The van der Waals surface area contributed by atoms with Crippen molar-refractivity contribution in [3.63, 3.8) is 0 Å². The second-order valence-electron chi connectivity index (χ2n) is 26.3. The lowest BCUT2D eigenvalue weighted by molar-refractivity contribution is -0.139. The van der Waals surface area contributed by atoms with Crippen LogP contribution in [0, 0.1) is 17.8 Å². The monoisotopic (exact) mass is 1570 g/mol. The van der Waals surface area contributed by atoms with Gasteiger partial charge in [0.25, 0.3) is 0 Å². The molecule has 25 N–H and O–H groups in total. The molecule has 109 heavy (non-hydrogen) atoms. The van der Waals surface area contributed by atoms with E-state index in [9.17, 15) is 87.2 Å². The summed E-state index contributed by atoms with van der Waals surface area (Å²) in [6, 6.07) is -10.3. The van der Waals surface area contributed by atoms with E-state index in [1.807, 2.05) is 6.92 Å². The standard InChI is InChI=1S/C67H105N21O19S2/c1-9-33(5)50(68)62(103)74-26-47(91)78-45(28-108)61(102)86-52(34(6)10-2)65(106)80-41(18-19-48(92)93)55(96)79-40(17-14-20-73-67(69)70)56(97)88-54(36(8)90)66(107)83-44(23-39-25-72-31-77-39)58(99)85-51(32(3)4)64(105)82-42(21-37-15-12-11-13-16-37)57(98)84-46(29-109)60(101)81-43(22-38-24-71-30-76-38)59(100)87-53(35(7)89)63(104)75-27-49(94)95/h11-13,15-16,24-25,30-36,40-46,50-54,89-90,108-109H,9-10,14,17-23,26-29,68H2,1-8H3,(H,71,76)(H,72,77)(H,74,103)(H,75,104)(H,78,91)(H,79,96)(H,80,106)(H,81,101)(H,82,105)(H,83,107)(H,84,98)(H,85,99)(H,86,102)(H,87,100)(H,88,97)(H,92,93)(H,94,95)(H4,69,70,73)/t33-,34-,35+,36+,40-,41-,42-,43-,44-,45-,46-,50-,51-,52-,53-,54-/m0/s1. The summed E-state index contributed by atoms with van der Waals surface area (Å²) >= 11 is 8.49. The normalized spacial score (nSPS) is 15.5. The third-order valence-corrected chi connectivity index (χ3v) is 17.9. The van der Waals surface area contributed by atoms with Gasteiger partial charge in [-0.3, -0.25) is 76.9 Å². The van der Waals surface area contributed by atoms with Gasteiger partial charge >= 0.3 is 11.9 Å². The molecule has 3 aromatic rings. The fourth-order valence-electron chi connectivity index (χ4n) is 10.4. The first kappa shape index (κ1) is 92.7. The van der Waals surface area contributed by atoms with E-state index in [2.05, 4.69) is 119 Å². The van der Waals surface area contributed by atoms with Crippen LogP contribution in [0.4, 0.5) is 0 Å². The number of aliphatic hydroxyl groups is 2. The molecule has 42 heteroatoms. The Kier molecular flexibility index (Phi) is 40.3. The number of aromatic amines is 2. The van der Waals surface area contributed by atoms with Gasteiger partial charge in [0.2, 0.25) is 76.8 Å². The van der Waals surface area contributed by atoms with Gasteiger partial charge in [-0.05, 0) is 56.4 Å². The highest BCUT2D eigenvalue weighted by molar-refractivity contribution is 7.80. The molecule has 40 nitrogen and oxygen atoms in total. The molecule has 0 saturated carbocycles. The molecule has 1 aromatic carbocycles. The summed E-state index contributed by atoms with van der Waals surface area (Å²) in [4.78, 5) is 222. The summed E-state index contributed by atoms with van der Waals surface area (Å²) in [7, 11) is 0. The number of thiol groups is 2. The quantitative estimate of drug-likeness (QED) is 0.0108. The molecule has 0 aliphatic carbocycles. The number of carboxylic acid groups (broad SMARTS) is 2. The molecular formula is C67H105N21O19S2. The lowest BCUT2D eigenvalue weighted by Crippen LogP contribution is -2.63. The van der Waals surface area contributed by atoms with Gasteiger partial charge in [-0.25, -0.2) is 9.97 Å². The zero-order valence-corrected chi connectivity index (χ0v) is 63.6. The number of aliphatic imine (C=N–C) groups is 1. The predicted octanol–water partition coefficient (Wildman–Crippen LogP) is -6.57. The van der Waals surface area contributed by atoms with Crippen molar-refractivity contribution in [3.8, 4) is 0 Å². The molecule has 0 unspecified atom stereocenters. The number of amides is 13. The average molecular weight is 1570 g/mol. The van der Waals surface area contributed by atoms with Crippen molar-refractivity contribution >= 4 is 120 Å². The third-order valence-electron chi connectivity index (χ3n) is 17.2. The van der Waals surface area contributed by atoms with Crippen LogP contribution in [0.1, 0.15) is 111 Å². The lowest BCUT2D eigenvalue weighted by Gasteiger charge is -2.30. The second-order valence-corrected chi connectivity index (χ2v) is 27.0. The number of aromatic nitrogens is 4. The lowest BCUT2D eigenvalue weighted by atomic mass is 9.97. The Morgan fingerprint density at radius 3 is 1.36 bits per heavy atom. The highest BCUT2D eigenvalue weighted by atomic mass is 32.1.